The van der Waals surface area contributed by atoms with Gasteiger partial charge in [-0.15, -0.1) is 0 Å². The lowest BCUT2D eigenvalue weighted by Gasteiger charge is -2.32. The maximum Gasteiger partial charge on any atom is 0.265 e. The molecule has 1 aliphatic heterocycles. The molecule has 0 aromatic heterocycles. The van der Waals surface area contributed by atoms with Crippen LogP contribution < -0.4 is 9.62 Å². The molecule has 4 aromatic rings. The number of hydrogen-bond acceptors (Lipinski definition) is 4. The van der Waals surface area contributed by atoms with Gasteiger partial charge in [0.15, 0.2) is 0 Å². The molecule has 7 nitrogen and oxygen atoms in total. The first-order valence-corrected chi connectivity index (χ1v) is 16.0. The summed E-state index contributed by atoms with van der Waals surface area (Å²) in [7, 11) is -3.70. The van der Waals surface area contributed by atoms with Crippen molar-refractivity contribution >= 4 is 38.3 Å². The van der Waals surface area contributed by atoms with Gasteiger partial charge in [-0.1, -0.05) is 98.3 Å². The molecule has 2 amide bonds. The Kier molecular flexibility index (Phi) is 9.22. The van der Waals surface area contributed by atoms with Gasteiger partial charge in [-0.05, 0) is 41.5 Å². The molecule has 0 aliphatic carbocycles. The SMILES string of the molecule is CCCCNC(=O)C(Cc1ccccc1)N(Cc1ccccc1)C(=O)CCCN1c2cccc3cccc(c23)S1(=O)=O. The van der Waals surface area contributed by atoms with Gasteiger partial charge in [-0.2, -0.15) is 0 Å². The van der Waals surface area contributed by atoms with E-state index in [1.807, 2.05) is 84.9 Å². The third kappa shape index (κ3) is 6.34. The fraction of sp³-hybridized carbons (Fsp3) is 0.294. The van der Waals surface area contributed by atoms with Crippen molar-refractivity contribution in [3.63, 3.8) is 0 Å². The summed E-state index contributed by atoms with van der Waals surface area (Å²) in [4.78, 5) is 29.5. The summed E-state index contributed by atoms with van der Waals surface area (Å²) in [5.74, 6) is -0.362. The summed E-state index contributed by atoms with van der Waals surface area (Å²) >= 11 is 0. The first kappa shape index (κ1) is 29.3. The van der Waals surface area contributed by atoms with Crippen LogP contribution >= 0.6 is 0 Å². The smallest absolute Gasteiger partial charge is 0.265 e. The fourth-order valence-corrected chi connectivity index (χ4v) is 7.31. The molecule has 42 heavy (non-hydrogen) atoms. The third-order valence-electron chi connectivity index (χ3n) is 7.73. The van der Waals surface area contributed by atoms with Gasteiger partial charge in [0, 0.05) is 37.9 Å². The molecule has 0 spiro atoms. The van der Waals surface area contributed by atoms with E-state index >= 15 is 0 Å². The minimum atomic E-state index is -3.70. The van der Waals surface area contributed by atoms with Crippen molar-refractivity contribution in [3.05, 3.63) is 108 Å². The summed E-state index contributed by atoms with van der Waals surface area (Å²) in [6, 6.07) is 29.6. The zero-order valence-electron chi connectivity index (χ0n) is 23.9. The molecular formula is C34H37N3O4S. The van der Waals surface area contributed by atoms with Gasteiger partial charge in [-0.3, -0.25) is 13.9 Å². The molecule has 1 unspecified atom stereocenters. The molecule has 0 saturated heterocycles. The van der Waals surface area contributed by atoms with Gasteiger partial charge < -0.3 is 10.2 Å². The van der Waals surface area contributed by atoms with E-state index in [2.05, 4.69) is 12.2 Å². The van der Waals surface area contributed by atoms with E-state index < -0.39 is 16.1 Å². The van der Waals surface area contributed by atoms with Crippen LogP contribution in [0.3, 0.4) is 0 Å². The van der Waals surface area contributed by atoms with Crippen LogP contribution in [0.25, 0.3) is 10.8 Å². The number of nitrogens with one attached hydrogen (secondary N) is 1. The molecule has 1 aliphatic rings. The molecule has 0 radical (unpaired) electrons. The van der Waals surface area contributed by atoms with Crippen LogP contribution in [0.15, 0.2) is 102 Å². The summed E-state index contributed by atoms with van der Waals surface area (Å²) in [6.45, 7) is 3.07. The van der Waals surface area contributed by atoms with Gasteiger partial charge in [-0.25, -0.2) is 8.42 Å². The lowest BCUT2D eigenvalue weighted by molar-refractivity contribution is -0.141. The third-order valence-corrected chi connectivity index (χ3v) is 9.59. The fourth-order valence-electron chi connectivity index (χ4n) is 5.56. The van der Waals surface area contributed by atoms with Crippen LogP contribution in [0, 0.1) is 0 Å². The number of carbonyl (C=O) groups is 2. The Balaban J connectivity index is 1.37. The van der Waals surface area contributed by atoms with Crippen molar-refractivity contribution in [2.24, 2.45) is 0 Å². The molecule has 1 N–H and O–H groups in total. The van der Waals surface area contributed by atoms with E-state index in [1.54, 1.807) is 17.0 Å². The molecule has 0 fully saturated rings. The minimum absolute atomic E-state index is 0.110. The van der Waals surface area contributed by atoms with E-state index in [0.29, 0.717) is 30.0 Å². The van der Waals surface area contributed by atoms with Crippen molar-refractivity contribution in [2.45, 2.75) is 56.5 Å². The second-order valence-corrected chi connectivity index (χ2v) is 12.5. The topological polar surface area (TPSA) is 86.8 Å². The molecule has 0 bridgehead atoms. The maximum absolute atomic E-state index is 13.9. The van der Waals surface area contributed by atoms with Crippen molar-refractivity contribution in [3.8, 4) is 0 Å². The first-order valence-electron chi connectivity index (χ1n) is 14.6. The number of amides is 2. The quantitative estimate of drug-likeness (QED) is 0.205. The Labute approximate surface area is 248 Å². The van der Waals surface area contributed by atoms with Crippen LogP contribution in [0.4, 0.5) is 5.69 Å². The van der Waals surface area contributed by atoms with Gasteiger partial charge in [0.05, 0.1) is 10.6 Å². The predicted octanol–water partition coefficient (Wildman–Crippen LogP) is 5.69. The highest BCUT2D eigenvalue weighted by Gasteiger charge is 2.36. The van der Waals surface area contributed by atoms with Gasteiger partial charge >= 0.3 is 0 Å². The number of unbranched alkanes of at least 4 members (excludes halogenated alkanes) is 1. The maximum atomic E-state index is 13.9. The van der Waals surface area contributed by atoms with Crippen LogP contribution in [0.2, 0.25) is 0 Å². The van der Waals surface area contributed by atoms with E-state index in [1.165, 1.54) is 4.31 Å². The minimum Gasteiger partial charge on any atom is -0.354 e. The molecule has 1 atom stereocenters. The van der Waals surface area contributed by atoms with E-state index in [-0.39, 0.29) is 31.3 Å². The van der Waals surface area contributed by atoms with Gasteiger partial charge in [0.25, 0.3) is 10.0 Å². The Morgan fingerprint density at radius 1 is 0.833 bits per heavy atom. The molecule has 4 aromatic carbocycles. The average Bonchev–Trinajstić information content (AvgIpc) is 3.23. The summed E-state index contributed by atoms with van der Waals surface area (Å²) < 4.78 is 28.3. The Morgan fingerprint density at radius 2 is 1.50 bits per heavy atom. The lowest BCUT2D eigenvalue weighted by Crippen LogP contribution is -2.50. The van der Waals surface area contributed by atoms with E-state index in [4.69, 9.17) is 0 Å². The molecular weight excluding hydrogens is 546 g/mol. The highest BCUT2D eigenvalue weighted by atomic mass is 32.2. The van der Waals surface area contributed by atoms with Crippen molar-refractivity contribution in [1.82, 2.24) is 10.2 Å². The van der Waals surface area contributed by atoms with Crippen LogP contribution in [0.5, 0.6) is 0 Å². The number of anilines is 1. The van der Waals surface area contributed by atoms with Gasteiger partial charge in [0.2, 0.25) is 11.8 Å². The highest BCUT2D eigenvalue weighted by Crippen LogP contribution is 2.42. The Hall–Kier alpha value is -4.17. The molecule has 218 valence electrons. The monoisotopic (exact) mass is 583 g/mol. The number of hydrogen-bond donors (Lipinski definition) is 1. The highest BCUT2D eigenvalue weighted by molar-refractivity contribution is 7.93. The Bertz CT molecular complexity index is 1640. The number of benzene rings is 4. The van der Waals surface area contributed by atoms with Crippen molar-refractivity contribution < 1.29 is 18.0 Å². The average molecular weight is 584 g/mol. The number of rotatable bonds is 13. The van der Waals surface area contributed by atoms with Gasteiger partial charge in [0.1, 0.15) is 6.04 Å². The molecule has 5 rings (SSSR count). The largest absolute Gasteiger partial charge is 0.354 e. The summed E-state index contributed by atoms with van der Waals surface area (Å²) in [6.07, 6.45) is 2.63. The number of nitrogens with zero attached hydrogens (tertiary/aromatic N) is 2. The number of sulfonamides is 1. The summed E-state index contributed by atoms with van der Waals surface area (Å²) in [5, 5.41) is 4.64. The Morgan fingerprint density at radius 3 is 2.19 bits per heavy atom. The standard InChI is InChI=1S/C34H37N3O4S/c1-2-3-22-35-34(39)30(24-26-13-6-4-7-14-26)36(25-27-15-8-5-9-16-27)32(38)21-12-23-37-29-19-10-17-28-18-11-20-31(33(28)29)42(37,40)41/h4-11,13-20,30H,2-3,12,21-25H2,1H3,(H,35,39). The molecule has 8 heteroatoms. The number of carbonyl (C=O) groups excluding carboxylic acids is 2. The first-order chi connectivity index (χ1) is 20.4. The zero-order chi connectivity index (χ0) is 29.5. The molecule has 0 saturated carbocycles. The second kappa shape index (κ2) is 13.2. The second-order valence-electron chi connectivity index (χ2n) is 10.7. The van der Waals surface area contributed by atoms with Crippen LogP contribution in [0.1, 0.15) is 43.7 Å². The van der Waals surface area contributed by atoms with Crippen molar-refractivity contribution in [2.75, 3.05) is 17.4 Å². The lowest BCUT2D eigenvalue weighted by atomic mass is 10.0. The zero-order valence-corrected chi connectivity index (χ0v) is 24.7. The van der Waals surface area contributed by atoms with Crippen LogP contribution in [-0.4, -0.2) is 44.3 Å². The molecule has 1 heterocycles. The summed E-state index contributed by atoms with van der Waals surface area (Å²) in [5.41, 5.74) is 2.54. The van der Waals surface area contributed by atoms with Crippen LogP contribution in [-0.2, 0) is 32.6 Å². The normalized spacial score (nSPS) is 14.1. The van der Waals surface area contributed by atoms with Crippen molar-refractivity contribution in [1.29, 1.82) is 0 Å². The van der Waals surface area contributed by atoms with E-state index in [0.717, 1.165) is 34.7 Å². The predicted molar refractivity (Wildman–Crippen MR) is 167 cm³/mol. The van der Waals surface area contributed by atoms with E-state index in [9.17, 15) is 18.0 Å².